The third-order valence-electron chi connectivity index (χ3n) is 2.77. The Balaban J connectivity index is 2.26. The highest BCUT2D eigenvalue weighted by molar-refractivity contribution is 9.10. The van der Waals surface area contributed by atoms with Crippen LogP contribution in [0.4, 0.5) is 0 Å². The molecule has 2 rings (SSSR count). The third kappa shape index (κ3) is 3.99. The lowest BCUT2D eigenvalue weighted by Crippen LogP contribution is -2.22. The molecule has 0 heterocycles. The zero-order valence-electron chi connectivity index (χ0n) is 10.5. The minimum Gasteiger partial charge on any atom is -0.327 e. The molecule has 2 aromatic carbocycles. The van der Waals surface area contributed by atoms with Crippen molar-refractivity contribution in [1.82, 2.24) is 0 Å². The van der Waals surface area contributed by atoms with E-state index in [2.05, 4.69) is 28.1 Å². The van der Waals surface area contributed by atoms with Gasteiger partial charge < -0.3 is 5.73 Å². The smallest absolute Gasteiger partial charge is 0.0542 e. The third-order valence-corrected chi connectivity index (χ3v) is 5.30. The second kappa shape index (κ2) is 6.80. The zero-order valence-corrected chi connectivity index (χ0v) is 13.7. The van der Waals surface area contributed by atoms with Gasteiger partial charge in [0.1, 0.15) is 0 Å². The molecule has 0 bridgehead atoms. The molecule has 0 saturated carbocycles. The van der Waals surface area contributed by atoms with Crippen LogP contribution in [0, 0.1) is 0 Å². The predicted molar refractivity (Wildman–Crippen MR) is 87.8 cm³/mol. The number of hydrogen-bond acceptors (Lipinski definition) is 2. The van der Waals surface area contributed by atoms with Gasteiger partial charge in [0.05, 0.1) is 5.02 Å². The first-order chi connectivity index (χ1) is 9.08. The average molecular weight is 357 g/mol. The van der Waals surface area contributed by atoms with Crippen LogP contribution in [0.2, 0.25) is 5.02 Å². The number of hydrogen-bond donors (Lipinski definition) is 1. The van der Waals surface area contributed by atoms with Gasteiger partial charge in [-0.3, -0.25) is 0 Å². The number of rotatable bonds is 4. The van der Waals surface area contributed by atoms with Crippen LogP contribution in [0.1, 0.15) is 17.7 Å². The van der Waals surface area contributed by atoms with E-state index in [9.17, 15) is 0 Å². The second-order valence-corrected chi connectivity index (χ2v) is 6.89. The van der Waals surface area contributed by atoms with Gasteiger partial charge in [-0.2, -0.15) is 0 Å². The van der Waals surface area contributed by atoms with E-state index < -0.39 is 0 Å². The highest BCUT2D eigenvalue weighted by atomic mass is 79.9. The Kier molecular flexibility index (Phi) is 5.34. The average Bonchev–Trinajstić information content (AvgIpc) is 2.39. The summed E-state index contributed by atoms with van der Waals surface area (Å²) in [5, 5.41) is 0.961. The van der Waals surface area contributed by atoms with Gasteiger partial charge in [-0.05, 0) is 36.8 Å². The van der Waals surface area contributed by atoms with Gasteiger partial charge in [0.25, 0.3) is 0 Å². The summed E-state index contributed by atoms with van der Waals surface area (Å²) >= 11 is 11.4. The maximum Gasteiger partial charge on any atom is 0.0542 e. The van der Waals surface area contributed by atoms with Gasteiger partial charge in [-0.25, -0.2) is 0 Å². The van der Waals surface area contributed by atoms with E-state index in [1.54, 1.807) is 11.8 Å². The second-order valence-electron chi connectivity index (χ2n) is 4.38. The first kappa shape index (κ1) is 14.9. The summed E-state index contributed by atoms with van der Waals surface area (Å²) in [5.41, 5.74) is 7.34. The zero-order chi connectivity index (χ0) is 13.8. The molecule has 100 valence electrons. The molecule has 0 radical (unpaired) electrons. The van der Waals surface area contributed by atoms with E-state index in [1.807, 2.05) is 43.3 Å². The number of nitrogens with two attached hydrogens (primary N) is 1. The van der Waals surface area contributed by atoms with Crippen LogP contribution in [-0.4, -0.2) is 6.04 Å². The fourth-order valence-electron chi connectivity index (χ4n) is 1.81. The Morgan fingerprint density at radius 3 is 2.32 bits per heavy atom. The molecule has 19 heavy (non-hydrogen) atoms. The summed E-state index contributed by atoms with van der Waals surface area (Å²) in [6, 6.07) is 16.2. The maximum absolute atomic E-state index is 6.22. The SMILES string of the molecule is CC(N)C(Sc1ccccc1Cl)c1ccc(Br)cc1. The van der Waals surface area contributed by atoms with Crippen LogP contribution >= 0.6 is 39.3 Å². The highest BCUT2D eigenvalue weighted by Crippen LogP contribution is 2.40. The molecule has 0 aliphatic heterocycles. The number of thioether (sulfide) groups is 1. The van der Waals surface area contributed by atoms with Crippen LogP contribution in [0.5, 0.6) is 0 Å². The van der Waals surface area contributed by atoms with E-state index in [4.69, 9.17) is 17.3 Å². The molecule has 0 aliphatic rings. The van der Waals surface area contributed by atoms with E-state index in [0.29, 0.717) is 0 Å². The first-order valence-corrected chi connectivity index (χ1v) is 8.05. The molecule has 2 atom stereocenters. The summed E-state index contributed by atoms with van der Waals surface area (Å²) in [4.78, 5) is 1.06. The molecule has 0 aromatic heterocycles. The summed E-state index contributed by atoms with van der Waals surface area (Å²) in [7, 11) is 0. The summed E-state index contributed by atoms with van der Waals surface area (Å²) in [6.07, 6.45) is 0. The van der Waals surface area contributed by atoms with Gasteiger partial charge >= 0.3 is 0 Å². The Labute approximate surface area is 131 Å². The Bertz CT molecular complexity index is 542. The molecule has 0 aliphatic carbocycles. The van der Waals surface area contributed by atoms with Crippen molar-refractivity contribution in [2.24, 2.45) is 5.73 Å². The van der Waals surface area contributed by atoms with Crippen molar-refractivity contribution in [1.29, 1.82) is 0 Å². The monoisotopic (exact) mass is 355 g/mol. The lowest BCUT2D eigenvalue weighted by Gasteiger charge is -2.21. The molecule has 0 amide bonds. The number of benzene rings is 2. The van der Waals surface area contributed by atoms with Crippen molar-refractivity contribution in [3.05, 3.63) is 63.6 Å². The molecule has 2 unspecified atom stereocenters. The molecule has 2 aromatic rings. The standard InChI is InChI=1S/C15H15BrClNS/c1-10(18)15(11-6-8-12(16)9-7-11)19-14-5-3-2-4-13(14)17/h2-10,15H,18H2,1H3. The summed E-state index contributed by atoms with van der Waals surface area (Å²) in [5.74, 6) is 0. The summed E-state index contributed by atoms with van der Waals surface area (Å²) in [6.45, 7) is 2.02. The summed E-state index contributed by atoms with van der Waals surface area (Å²) < 4.78 is 1.07. The fraction of sp³-hybridized carbons (Fsp3) is 0.200. The van der Waals surface area contributed by atoms with E-state index >= 15 is 0 Å². The van der Waals surface area contributed by atoms with E-state index in [1.165, 1.54) is 5.56 Å². The van der Waals surface area contributed by atoms with Crippen LogP contribution in [0.25, 0.3) is 0 Å². The normalized spacial score (nSPS) is 14.1. The molecular weight excluding hydrogens is 342 g/mol. The van der Waals surface area contributed by atoms with Crippen molar-refractivity contribution in [3.63, 3.8) is 0 Å². The first-order valence-electron chi connectivity index (χ1n) is 6.00. The molecule has 0 spiro atoms. The van der Waals surface area contributed by atoms with Crippen LogP contribution in [0.3, 0.4) is 0 Å². The van der Waals surface area contributed by atoms with Crippen molar-refractivity contribution < 1.29 is 0 Å². The van der Waals surface area contributed by atoms with Crippen molar-refractivity contribution >= 4 is 39.3 Å². The highest BCUT2D eigenvalue weighted by Gasteiger charge is 2.18. The Hall–Kier alpha value is -0.480. The Morgan fingerprint density at radius 2 is 1.74 bits per heavy atom. The minimum atomic E-state index is 0.0439. The van der Waals surface area contributed by atoms with Crippen LogP contribution in [-0.2, 0) is 0 Å². The van der Waals surface area contributed by atoms with Crippen LogP contribution < -0.4 is 5.73 Å². The van der Waals surface area contributed by atoms with Crippen molar-refractivity contribution in [3.8, 4) is 0 Å². The molecule has 0 saturated heterocycles. The van der Waals surface area contributed by atoms with Gasteiger partial charge in [0.2, 0.25) is 0 Å². The largest absolute Gasteiger partial charge is 0.327 e. The lowest BCUT2D eigenvalue weighted by molar-refractivity contribution is 0.721. The molecule has 4 heteroatoms. The molecule has 0 fully saturated rings. The predicted octanol–water partition coefficient (Wildman–Crippen LogP) is 5.28. The molecule has 1 nitrogen and oxygen atoms in total. The Morgan fingerprint density at radius 1 is 1.11 bits per heavy atom. The number of halogens is 2. The lowest BCUT2D eigenvalue weighted by atomic mass is 10.1. The molecular formula is C15H15BrClNS. The van der Waals surface area contributed by atoms with Gasteiger partial charge in [0.15, 0.2) is 0 Å². The van der Waals surface area contributed by atoms with Gasteiger partial charge in [-0.1, -0.05) is 51.8 Å². The van der Waals surface area contributed by atoms with E-state index in [0.717, 1.165) is 14.4 Å². The van der Waals surface area contributed by atoms with Crippen molar-refractivity contribution in [2.75, 3.05) is 0 Å². The van der Waals surface area contributed by atoms with Gasteiger partial charge in [-0.15, -0.1) is 11.8 Å². The van der Waals surface area contributed by atoms with Crippen LogP contribution in [0.15, 0.2) is 57.9 Å². The van der Waals surface area contributed by atoms with E-state index in [-0.39, 0.29) is 11.3 Å². The fourth-order valence-corrected chi connectivity index (χ4v) is 3.46. The van der Waals surface area contributed by atoms with Gasteiger partial charge in [0, 0.05) is 20.7 Å². The quantitative estimate of drug-likeness (QED) is 0.754. The topological polar surface area (TPSA) is 26.0 Å². The maximum atomic E-state index is 6.22. The molecule has 2 N–H and O–H groups in total. The van der Waals surface area contributed by atoms with Crippen molar-refractivity contribution in [2.45, 2.75) is 23.1 Å². The minimum absolute atomic E-state index is 0.0439.